The van der Waals surface area contributed by atoms with E-state index >= 15 is 0 Å². The monoisotopic (exact) mass is 275 g/mol. The molecule has 0 saturated heterocycles. The van der Waals surface area contributed by atoms with Gasteiger partial charge in [0.05, 0.1) is 13.2 Å². The highest BCUT2D eigenvalue weighted by molar-refractivity contribution is 5.88. The van der Waals surface area contributed by atoms with E-state index in [9.17, 15) is 4.79 Å². The first-order chi connectivity index (χ1) is 9.66. The minimum absolute atomic E-state index is 0.146. The van der Waals surface area contributed by atoms with E-state index in [1.807, 2.05) is 6.07 Å². The number of benzene rings is 1. The maximum absolute atomic E-state index is 11.0. The zero-order chi connectivity index (χ0) is 14.1. The largest absolute Gasteiger partial charge is 0.490 e. The molecule has 1 N–H and O–H groups in total. The van der Waals surface area contributed by atoms with Gasteiger partial charge in [0, 0.05) is 17.5 Å². The summed E-state index contributed by atoms with van der Waals surface area (Å²) in [5, 5.41) is 12.8. The van der Waals surface area contributed by atoms with Crippen molar-refractivity contribution < 1.29 is 23.9 Å². The lowest BCUT2D eigenvalue weighted by Crippen LogP contribution is -1.97. The molecule has 0 radical (unpaired) electrons. The Morgan fingerprint density at radius 2 is 2.00 bits per heavy atom. The average molecular weight is 275 g/mol. The molecule has 2 aromatic rings. The van der Waals surface area contributed by atoms with Crippen molar-refractivity contribution in [2.24, 2.45) is 0 Å². The van der Waals surface area contributed by atoms with Crippen LogP contribution in [0.1, 0.15) is 22.5 Å². The van der Waals surface area contributed by atoms with E-state index in [4.69, 9.17) is 19.1 Å². The van der Waals surface area contributed by atoms with Gasteiger partial charge in [0.15, 0.2) is 11.5 Å². The average Bonchev–Trinajstić information content (AvgIpc) is 2.68. The Bertz CT molecular complexity index is 662. The lowest BCUT2D eigenvalue weighted by molar-refractivity contribution is 0.0651. The second-order valence-corrected chi connectivity index (χ2v) is 4.50. The number of aromatic nitrogens is 1. The van der Waals surface area contributed by atoms with Crippen molar-refractivity contribution in [2.45, 2.75) is 13.3 Å². The van der Waals surface area contributed by atoms with Crippen molar-refractivity contribution in [1.29, 1.82) is 0 Å². The highest BCUT2D eigenvalue weighted by Gasteiger charge is 2.20. The molecule has 6 nitrogen and oxygen atoms in total. The van der Waals surface area contributed by atoms with Gasteiger partial charge < -0.3 is 19.1 Å². The zero-order valence-corrected chi connectivity index (χ0v) is 10.9. The standard InChI is InChI=1S/C14H13NO5/c1-8-12(15-20-13(8)14(16)17)9-3-4-10-11(7-9)19-6-2-5-18-10/h3-4,7H,2,5-6H2,1H3,(H,16,17). The molecule has 2 heterocycles. The predicted molar refractivity (Wildman–Crippen MR) is 69.2 cm³/mol. The van der Waals surface area contributed by atoms with Gasteiger partial charge in [-0.05, 0) is 25.1 Å². The van der Waals surface area contributed by atoms with Crippen LogP contribution in [0.15, 0.2) is 22.7 Å². The number of aromatic carboxylic acids is 1. The number of ether oxygens (including phenoxy) is 2. The Morgan fingerprint density at radius 1 is 1.25 bits per heavy atom. The molecule has 1 aliphatic heterocycles. The van der Waals surface area contributed by atoms with Gasteiger partial charge in [0.25, 0.3) is 0 Å². The molecule has 104 valence electrons. The summed E-state index contributed by atoms with van der Waals surface area (Å²) in [6.07, 6.45) is 0.830. The molecule has 1 aromatic heterocycles. The second-order valence-electron chi connectivity index (χ2n) is 4.50. The second kappa shape index (κ2) is 4.88. The molecule has 3 rings (SSSR count). The van der Waals surface area contributed by atoms with E-state index < -0.39 is 5.97 Å². The third-order valence-electron chi connectivity index (χ3n) is 3.14. The third kappa shape index (κ3) is 2.09. The smallest absolute Gasteiger partial charge is 0.375 e. The van der Waals surface area contributed by atoms with Crippen LogP contribution in [-0.4, -0.2) is 29.4 Å². The van der Waals surface area contributed by atoms with Crippen LogP contribution in [0.25, 0.3) is 11.3 Å². The van der Waals surface area contributed by atoms with Gasteiger partial charge in [-0.2, -0.15) is 0 Å². The quantitative estimate of drug-likeness (QED) is 0.906. The molecule has 1 aliphatic rings. The van der Waals surface area contributed by atoms with Crippen molar-refractivity contribution in [3.63, 3.8) is 0 Å². The summed E-state index contributed by atoms with van der Waals surface area (Å²) in [5.74, 6) is 0.0489. The first-order valence-corrected chi connectivity index (χ1v) is 6.26. The van der Waals surface area contributed by atoms with E-state index in [1.54, 1.807) is 19.1 Å². The topological polar surface area (TPSA) is 81.8 Å². The molecular formula is C14H13NO5. The lowest BCUT2D eigenvalue weighted by Gasteiger charge is -2.08. The van der Waals surface area contributed by atoms with Crippen LogP contribution in [0.2, 0.25) is 0 Å². The molecule has 0 aliphatic carbocycles. The van der Waals surface area contributed by atoms with Crippen LogP contribution >= 0.6 is 0 Å². The van der Waals surface area contributed by atoms with Crippen LogP contribution in [0.4, 0.5) is 0 Å². The van der Waals surface area contributed by atoms with E-state index in [0.29, 0.717) is 36.0 Å². The highest BCUT2D eigenvalue weighted by Crippen LogP contribution is 2.35. The fourth-order valence-corrected chi connectivity index (χ4v) is 2.11. The molecule has 6 heteroatoms. The summed E-state index contributed by atoms with van der Waals surface area (Å²) < 4.78 is 16.0. The molecule has 0 unspecified atom stereocenters. The summed E-state index contributed by atoms with van der Waals surface area (Å²) in [5.41, 5.74) is 1.73. The number of carboxylic acids is 1. The Kier molecular flexibility index (Phi) is 3.06. The van der Waals surface area contributed by atoms with E-state index in [0.717, 1.165) is 12.0 Å². The van der Waals surface area contributed by atoms with Crippen molar-refractivity contribution in [3.05, 3.63) is 29.5 Å². The van der Waals surface area contributed by atoms with E-state index in [2.05, 4.69) is 5.16 Å². The van der Waals surface area contributed by atoms with Crippen LogP contribution in [0.3, 0.4) is 0 Å². The summed E-state index contributed by atoms with van der Waals surface area (Å²) in [6.45, 7) is 2.88. The molecule has 0 fully saturated rings. The molecule has 1 aromatic carbocycles. The Balaban J connectivity index is 2.03. The lowest BCUT2D eigenvalue weighted by atomic mass is 10.1. The maximum Gasteiger partial charge on any atom is 0.375 e. The fraction of sp³-hybridized carbons (Fsp3) is 0.286. The third-order valence-corrected chi connectivity index (χ3v) is 3.14. The van der Waals surface area contributed by atoms with Gasteiger partial charge in [0.2, 0.25) is 5.76 Å². The minimum Gasteiger partial charge on any atom is -0.490 e. The molecule has 0 amide bonds. The van der Waals surface area contributed by atoms with Gasteiger partial charge in [0.1, 0.15) is 5.69 Å². The Morgan fingerprint density at radius 3 is 2.70 bits per heavy atom. The molecule has 20 heavy (non-hydrogen) atoms. The normalized spacial score (nSPS) is 13.8. The summed E-state index contributed by atoms with van der Waals surface area (Å²) >= 11 is 0. The summed E-state index contributed by atoms with van der Waals surface area (Å²) in [6, 6.07) is 5.39. The minimum atomic E-state index is -1.13. The van der Waals surface area contributed by atoms with Crippen molar-refractivity contribution in [2.75, 3.05) is 13.2 Å². The Labute approximate surface area is 114 Å². The van der Waals surface area contributed by atoms with E-state index in [1.165, 1.54) is 0 Å². The van der Waals surface area contributed by atoms with Crippen LogP contribution in [0.5, 0.6) is 11.5 Å². The number of carbonyl (C=O) groups is 1. The van der Waals surface area contributed by atoms with Gasteiger partial charge in [-0.15, -0.1) is 0 Å². The first kappa shape index (κ1) is 12.5. The number of rotatable bonds is 2. The Hall–Kier alpha value is -2.50. The molecular weight excluding hydrogens is 262 g/mol. The van der Waals surface area contributed by atoms with Crippen molar-refractivity contribution in [3.8, 4) is 22.8 Å². The van der Waals surface area contributed by atoms with Gasteiger partial charge in [-0.25, -0.2) is 4.79 Å². The van der Waals surface area contributed by atoms with Gasteiger partial charge >= 0.3 is 5.97 Å². The molecule has 0 spiro atoms. The number of fused-ring (bicyclic) bond motifs is 1. The molecule has 0 bridgehead atoms. The van der Waals surface area contributed by atoms with Gasteiger partial charge in [-0.1, -0.05) is 5.16 Å². The van der Waals surface area contributed by atoms with Crippen molar-refractivity contribution in [1.82, 2.24) is 5.16 Å². The highest BCUT2D eigenvalue weighted by atomic mass is 16.5. The first-order valence-electron chi connectivity index (χ1n) is 6.26. The van der Waals surface area contributed by atoms with Crippen molar-refractivity contribution >= 4 is 5.97 Å². The maximum atomic E-state index is 11.0. The fourth-order valence-electron chi connectivity index (χ4n) is 2.11. The summed E-state index contributed by atoms with van der Waals surface area (Å²) in [4.78, 5) is 11.0. The number of nitrogens with zero attached hydrogens (tertiary/aromatic N) is 1. The van der Waals surface area contributed by atoms with E-state index in [-0.39, 0.29) is 5.76 Å². The van der Waals surface area contributed by atoms with Crippen LogP contribution < -0.4 is 9.47 Å². The van der Waals surface area contributed by atoms with Gasteiger partial charge in [-0.3, -0.25) is 0 Å². The molecule has 0 saturated carbocycles. The predicted octanol–water partition coefficient (Wildman–Crippen LogP) is 2.51. The summed E-state index contributed by atoms with van der Waals surface area (Å²) in [7, 11) is 0. The SMILES string of the molecule is Cc1c(-c2ccc3c(c2)OCCCO3)noc1C(=O)O. The number of hydrogen-bond donors (Lipinski definition) is 1. The van der Waals surface area contributed by atoms with Crippen LogP contribution in [0, 0.1) is 6.92 Å². The number of hydrogen-bond acceptors (Lipinski definition) is 5. The van der Waals surface area contributed by atoms with Crippen LogP contribution in [-0.2, 0) is 0 Å². The molecule has 0 atom stereocenters. The number of carboxylic acid groups (broad SMARTS) is 1. The zero-order valence-electron chi connectivity index (χ0n) is 10.9.